The van der Waals surface area contributed by atoms with Crippen molar-refractivity contribution in [3.63, 3.8) is 0 Å². The minimum Gasteiger partial charge on any atom is -0.383 e. The molecule has 0 aliphatic carbocycles. The van der Waals surface area contributed by atoms with E-state index in [2.05, 4.69) is 9.97 Å². The number of hydrogen-bond donors (Lipinski definition) is 1. The van der Waals surface area contributed by atoms with Crippen LogP contribution in [0.25, 0.3) is 10.9 Å². The number of ether oxygens (including phenoxy) is 1. The van der Waals surface area contributed by atoms with Crippen LogP contribution in [0.15, 0.2) is 36.5 Å². The molecule has 3 heterocycles. The number of nitrogen functional groups attached to an aromatic ring is 1. The Kier molecular flexibility index (Phi) is 6.00. The van der Waals surface area contributed by atoms with E-state index in [0.29, 0.717) is 35.7 Å². The van der Waals surface area contributed by atoms with Crippen molar-refractivity contribution in [3.8, 4) is 0 Å². The van der Waals surface area contributed by atoms with E-state index in [-0.39, 0.29) is 24.5 Å². The van der Waals surface area contributed by atoms with E-state index in [4.69, 9.17) is 10.5 Å². The van der Waals surface area contributed by atoms with Gasteiger partial charge in [-0.05, 0) is 48.7 Å². The number of anilines is 1. The van der Waals surface area contributed by atoms with E-state index in [0.717, 1.165) is 28.8 Å². The molecule has 6 nitrogen and oxygen atoms in total. The van der Waals surface area contributed by atoms with Gasteiger partial charge in [0.2, 0.25) is 0 Å². The minimum atomic E-state index is -4.46. The first-order valence-electron chi connectivity index (χ1n) is 10.7. The molecule has 1 aromatic carbocycles. The van der Waals surface area contributed by atoms with Crippen LogP contribution in [0.4, 0.5) is 19.0 Å². The van der Waals surface area contributed by atoms with Gasteiger partial charge in [0.15, 0.2) is 0 Å². The summed E-state index contributed by atoms with van der Waals surface area (Å²) in [5.74, 6) is 0.352. The number of carbonyl (C=O) groups is 1. The zero-order chi connectivity index (χ0) is 23.9. The zero-order valence-corrected chi connectivity index (χ0v) is 18.6. The lowest BCUT2D eigenvalue weighted by Gasteiger charge is -2.25. The van der Waals surface area contributed by atoms with E-state index in [9.17, 15) is 18.0 Å². The molecule has 1 atom stereocenters. The number of benzene rings is 1. The zero-order valence-electron chi connectivity index (χ0n) is 18.6. The summed E-state index contributed by atoms with van der Waals surface area (Å²) in [4.78, 5) is 23.4. The van der Waals surface area contributed by atoms with Crippen molar-refractivity contribution in [1.82, 2.24) is 14.9 Å². The average molecular weight is 458 g/mol. The number of rotatable bonds is 5. The van der Waals surface area contributed by atoms with E-state index < -0.39 is 11.7 Å². The van der Waals surface area contributed by atoms with E-state index in [1.165, 1.54) is 6.07 Å². The highest BCUT2D eigenvalue weighted by Gasteiger charge is 2.31. The molecule has 0 saturated carbocycles. The Balaban J connectivity index is 1.66. The highest BCUT2D eigenvalue weighted by atomic mass is 19.4. The summed E-state index contributed by atoms with van der Waals surface area (Å²) in [5.41, 5.74) is 8.59. The topological polar surface area (TPSA) is 81.3 Å². The first kappa shape index (κ1) is 23.0. The Morgan fingerprint density at radius 1 is 1.27 bits per heavy atom. The maximum absolute atomic E-state index is 13.4. The quantitative estimate of drug-likeness (QED) is 0.574. The summed E-state index contributed by atoms with van der Waals surface area (Å²) < 4.78 is 44.3. The van der Waals surface area contributed by atoms with Crippen molar-refractivity contribution in [1.29, 1.82) is 0 Å². The number of amides is 1. The van der Waals surface area contributed by atoms with Crippen LogP contribution in [0.5, 0.6) is 0 Å². The molecule has 0 spiro atoms. The van der Waals surface area contributed by atoms with E-state index >= 15 is 0 Å². The lowest BCUT2D eigenvalue weighted by atomic mass is 10.00. The van der Waals surface area contributed by atoms with Gasteiger partial charge in [-0.1, -0.05) is 13.8 Å². The number of nitrogens with zero attached hydrogens (tertiary/aromatic N) is 3. The van der Waals surface area contributed by atoms with Gasteiger partial charge >= 0.3 is 6.18 Å². The van der Waals surface area contributed by atoms with Crippen LogP contribution in [0.2, 0.25) is 0 Å². The van der Waals surface area contributed by atoms with E-state index in [1.54, 1.807) is 23.1 Å². The third-order valence-electron chi connectivity index (χ3n) is 5.67. The summed E-state index contributed by atoms with van der Waals surface area (Å²) in [6, 6.07) is 7.53. The number of halogens is 3. The smallest absolute Gasteiger partial charge is 0.383 e. The molecule has 0 fully saturated rings. The summed E-state index contributed by atoms with van der Waals surface area (Å²) >= 11 is 0. The monoisotopic (exact) mass is 458 g/mol. The van der Waals surface area contributed by atoms with Crippen LogP contribution in [-0.2, 0) is 24.1 Å². The average Bonchev–Trinajstić information content (AvgIpc) is 3.14. The van der Waals surface area contributed by atoms with Crippen LogP contribution < -0.4 is 5.73 Å². The molecule has 2 N–H and O–H groups in total. The van der Waals surface area contributed by atoms with Crippen LogP contribution >= 0.6 is 0 Å². The highest BCUT2D eigenvalue weighted by molar-refractivity contribution is 5.99. The molecule has 0 saturated heterocycles. The van der Waals surface area contributed by atoms with Crippen molar-refractivity contribution in [3.05, 3.63) is 64.5 Å². The van der Waals surface area contributed by atoms with Gasteiger partial charge < -0.3 is 15.4 Å². The molecule has 2 aromatic heterocycles. The molecule has 0 radical (unpaired) electrons. The predicted octanol–water partition coefficient (Wildman–Crippen LogP) is 5.12. The molecule has 174 valence electrons. The Labute approximate surface area is 189 Å². The number of nitrogens with two attached hydrogens (primary N) is 1. The third kappa shape index (κ3) is 4.64. The van der Waals surface area contributed by atoms with Crippen molar-refractivity contribution < 1.29 is 22.7 Å². The maximum atomic E-state index is 13.4. The first-order valence-corrected chi connectivity index (χ1v) is 10.7. The third-order valence-corrected chi connectivity index (χ3v) is 5.67. The minimum absolute atomic E-state index is 0.103. The number of hydrogen-bond acceptors (Lipinski definition) is 5. The van der Waals surface area contributed by atoms with Crippen LogP contribution in [0, 0.1) is 5.92 Å². The molecule has 0 bridgehead atoms. The Morgan fingerprint density at radius 3 is 2.67 bits per heavy atom. The van der Waals surface area contributed by atoms with Gasteiger partial charge in [0, 0.05) is 29.3 Å². The normalized spacial score (nSPS) is 15.8. The lowest BCUT2D eigenvalue weighted by Crippen LogP contribution is -2.34. The second kappa shape index (κ2) is 8.62. The Bertz CT molecular complexity index is 1190. The predicted molar refractivity (Wildman–Crippen MR) is 118 cm³/mol. The van der Waals surface area contributed by atoms with Gasteiger partial charge in [-0.2, -0.15) is 13.2 Å². The molecule has 33 heavy (non-hydrogen) atoms. The SMILES string of the molecule is CC(C)CN(Cc1ccc(C(F)(F)F)cn1)C(=O)c1ccc2nc(N)c3c(c2c1)CO[C@@H]3C. The Hall–Kier alpha value is -3.20. The summed E-state index contributed by atoms with van der Waals surface area (Å²) in [6.45, 7) is 6.77. The van der Waals surface area contributed by atoms with Crippen molar-refractivity contribution in [2.75, 3.05) is 12.3 Å². The number of fused-ring (bicyclic) bond motifs is 3. The molecular weight excluding hydrogens is 433 g/mol. The largest absolute Gasteiger partial charge is 0.417 e. The number of carbonyl (C=O) groups excluding carboxylic acids is 1. The fourth-order valence-electron chi connectivity index (χ4n) is 4.12. The maximum Gasteiger partial charge on any atom is 0.417 e. The molecule has 1 aliphatic rings. The van der Waals surface area contributed by atoms with Crippen molar-refractivity contribution in [2.24, 2.45) is 5.92 Å². The van der Waals surface area contributed by atoms with Gasteiger partial charge in [-0.3, -0.25) is 9.78 Å². The van der Waals surface area contributed by atoms with Gasteiger partial charge in [-0.15, -0.1) is 0 Å². The summed E-state index contributed by atoms with van der Waals surface area (Å²) in [5, 5.41) is 0.812. The van der Waals surface area contributed by atoms with Gasteiger partial charge in [0.25, 0.3) is 5.91 Å². The van der Waals surface area contributed by atoms with Gasteiger partial charge in [0.1, 0.15) is 5.82 Å². The molecule has 1 aliphatic heterocycles. The molecule has 4 rings (SSSR count). The van der Waals surface area contributed by atoms with Crippen LogP contribution in [0.1, 0.15) is 59.6 Å². The molecular formula is C24H25F3N4O2. The van der Waals surface area contributed by atoms with E-state index in [1.807, 2.05) is 20.8 Å². The highest BCUT2D eigenvalue weighted by Crippen LogP contribution is 2.38. The first-order chi connectivity index (χ1) is 15.5. The number of aromatic nitrogens is 2. The summed E-state index contributed by atoms with van der Waals surface area (Å²) in [7, 11) is 0. The summed E-state index contributed by atoms with van der Waals surface area (Å²) in [6.07, 6.45) is -3.83. The standard InChI is InChI=1S/C24H25F3N4O2/c1-13(2)10-31(11-17-6-5-16(9-29-17)24(25,26)27)23(32)15-4-7-20-18(8-15)19-12-33-14(3)21(19)22(28)30-20/h4-9,13-14H,10-12H2,1-3H3,(H2,28,30)/t14-/m1/s1. The van der Waals surface area contributed by atoms with Gasteiger partial charge in [0.05, 0.1) is 36.0 Å². The second-order valence-electron chi connectivity index (χ2n) is 8.69. The number of pyridine rings is 2. The van der Waals surface area contributed by atoms with Crippen molar-refractivity contribution in [2.45, 2.75) is 46.2 Å². The fourth-order valence-corrected chi connectivity index (χ4v) is 4.12. The van der Waals surface area contributed by atoms with Gasteiger partial charge in [-0.25, -0.2) is 4.98 Å². The molecule has 9 heteroatoms. The lowest BCUT2D eigenvalue weighted by molar-refractivity contribution is -0.137. The Morgan fingerprint density at radius 2 is 2.03 bits per heavy atom. The second-order valence-corrected chi connectivity index (χ2v) is 8.69. The fraction of sp³-hybridized carbons (Fsp3) is 0.375. The molecule has 3 aromatic rings. The van der Waals surface area contributed by atoms with Crippen LogP contribution in [-0.4, -0.2) is 27.3 Å². The van der Waals surface area contributed by atoms with Crippen molar-refractivity contribution >= 4 is 22.6 Å². The molecule has 0 unspecified atom stereocenters. The number of alkyl halides is 3. The van der Waals surface area contributed by atoms with Crippen LogP contribution in [0.3, 0.4) is 0 Å². The molecule has 1 amide bonds.